The Balaban J connectivity index is 2.18. The van der Waals surface area contributed by atoms with Crippen LogP contribution in [0.25, 0.3) is 0 Å². The van der Waals surface area contributed by atoms with Crippen molar-refractivity contribution in [1.29, 1.82) is 0 Å². The summed E-state index contributed by atoms with van der Waals surface area (Å²) < 4.78 is 0. The van der Waals surface area contributed by atoms with Crippen molar-refractivity contribution in [2.24, 2.45) is 17.6 Å². The Morgan fingerprint density at radius 1 is 1.33 bits per heavy atom. The van der Waals surface area contributed by atoms with Crippen molar-refractivity contribution < 1.29 is 0 Å². The fourth-order valence-electron chi connectivity index (χ4n) is 3.67. The quantitative estimate of drug-likeness (QED) is 0.840. The smallest absolute Gasteiger partial charge is 0.0414 e. The number of nitrogens with two attached hydrogens (primary N) is 1. The van der Waals surface area contributed by atoms with Gasteiger partial charge in [-0.3, -0.25) is 0 Å². The van der Waals surface area contributed by atoms with Gasteiger partial charge in [-0.15, -0.1) is 0 Å². The average Bonchev–Trinajstić information content (AvgIpc) is 2.28. The van der Waals surface area contributed by atoms with E-state index < -0.39 is 0 Å². The Labute approximate surface area is 112 Å². The Morgan fingerprint density at radius 3 is 2.72 bits per heavy atom. The highest BCUT2D eigenvalue weighted by atomic mass is 14.8. The van der Waals surface area contributed by atoms with Gasteiger partial charge in [-0.2, -0.15) is 0 Å². The maximum absolute atomic E-state index is 6.75. The molecule has 1 heteroatoms. The van der Waals surface area contributed by atoms with Crippen molar-refractivity contribution in [2.75, 3.05) is 0 Å². The molecule has 1 aliphatic carbocycles. The lowest BCUT2D eigenvalue weighted by atomic mass is 9.70. The van der Waals surface area contributed by atoms with Crippen LogP contribution in [0.15, 0.2) is 24.3 Å². The summed E-state index contributed by atoms with van der Waals surface area (Å²) in [6.07, 6.45) is 6.28. The minimum atomic E-state index is -0.0802. The monoisotopic (exact) mass is 245 g/mol. The summed E-state index contributed by atoms with van der Waals surface area (Å²) in [5.74, 6) is 1.59. The Hall–Kier alpha value is -0.820. The maximum atomic E-state index is 6.75. The highest BCUT2D eigenvalue weighted by Crippen LogP contribution is 2.41. The molecule has 0 heterocycles. The van der Waals surface area contributed by atoms with Crippen LogP contribution in [0.5, 0.6) is 0 Å². The van der Waals surface area contributed by atoms with Gasteiger partial charge in [0.25, 0.3) is 0 Å². The predicted octanol–water partition coefficient (Wildman–Crippen LogP) is 4.39. The van der Waals surface area contributed by atoms with E-state index in [1.165, 1.54) is 30.4 Å². The van der Waals surface area contributed by atoms with Crippen LogP contribution >= 0.6 is 0 Å². The van der Waals surface area contributed by atoms with Crippen LogP contribution in [0.2, 0.25) is 0 Å². The molecule has 0 bridgehead atoms. The summed E-state index contributed by atoms with van der Waals surface area (Å²) in [6, 6.07) is 8.66. The van der Waals surface area contributed by atoms with Crippen molar-refractivity contribution in [3.8, 4) is 0 Å². The van der Waals surface area contributed by atoms with Gasteiger partial charge in [0, 0.05) is 5.54 Å². The zero-order valence-electron chi connectivity index (χ0n) is 12.1. The molecule has 1 aliphatic rings. The van der Waals surface area contributed by atoms with E-state index in [1.54, 1.807) is 0 Å². The number of benzene rings is 1. The van der Waals surface area contributed by atoms with Crippen LogP contribution in [0.4, 0.5) is 0 Å². The summed E-state index contributed by atoms with van der Waals surface area (Å²) in [7, 11) is 0. The Morgan fingerprint density at radius 2 is 2.06 bits per heavy atom. The molecule has 0 aliphatic heterocycles. The van der Waals surface area contributed by atoms with Crippen LogP contribution in [0, 0.1) is 18.8 Å². The van der Waals surface area contributed by atoms with Crippen LogP contribution in [-0.2, 0) is 5.54 Å². The molecule has 1 aromatic carbocycles. The molecular weight excluding hydrogens is 218 g/mol. The van der Waals surface area contributed by atoms with Crippen molar-refractivity contribution in [3.63, 3.8) is 0 Å². The van der Waals surface area contributed by atoms with Crippen molar-refractivity contribution in [2.45, 2.75) is 58.4 Å². The molecule has 1 nitrogen and oxygen atoms in total. The summed E-state index contributed by atoms with van der Waals surface area (Å²) in [5.41, 5.74) is 9.39. The second kappa shape index (κ2) is 5.44. The largest absolute Gasteiger partial charge is 0.321 e. The number of aryl methyl sites for hydroxylation is 1. The molecular formula is C17H27N. The lowest BCUT2D eigenvalue weighted by molar-refractivity contribution is 0.202. The summed E-state index contributed by atoms with van der Waals surface area (Å²) in [4.78, 5) is 0. The number of rotatable bonds is 3. The van der Waals surface area contributed by atoms with E-state index >= 15 is 0 Å². The van der Waals surface area contributed by atoms with Gasteiger partial charge < -0.3 is 5.73 Å². The summed E-state index contributed by atoms with van der Waals surface area (Å²) in [6.45, 7) is 6.83. The number of hydrogen-bond acceptors (Lipinski definition) is 1. The normalized spacial score (nSPS) is 28.6. The highest BCUT2D eigenvalue weighted by molar-refractivity contribution is 5.32. The van der Waals surface area contributed by atoms with E-state index in [1.807, 2.05) is 0 Å². The molecule has 100 valence electrons. The van der Waals surface area contributed by atoms with E-state index in [2.05, 4.69) is 45.0 Å². The van der Waals surface area contributed by atoms with Crippen LogP contribution < -0.4 is 5.73 Å². The van der Waals surface area contributed by atoms with Gasteiger partial charge in [0.1, 0.15) is 0 Å². The molecule has 2 N–H and O–H groups in total. The Bertz CT molecular complexity index is 396. The summed E-state index contributed by atoms with van der Waals surface area (Å²) >= 11 is 0. The van der Waals surface area contributed by atoms with E-state index in [-0.39, 0.29) is 5.54 Å². The molecule has 1 aromatic rings. The third-order valence-corrected chi connectivity index (χ3v) is 4.37. The SMILES string of the molecule is Cc1ccccc1C1(N)CCCC(CC(C)C)C1. The first-order valence-corrected chi connectivity index (χ1v) is 7.36. The molecule has 0 aromatic heterocycles. The zero-order valence-corrected chi connectivity index (χ0v) is 12.1. The molecule has 1 saturated carbocycles. The van der Waals surface area contributed by atoms with E-state index in [0.29, 0.717) is 0 Å². The van der Waals surface area contributed by atoms with Crippen LogP contribution in [-0.4, -0.2) is 0 Å². The molecule has 0 saturated heterocycles. The van der Waals surface area contributed by atoms with Gasteiger partial charge in [0.2, 0.25) is 0 Å². The van der Waals surface area contributed by atoms with Gasteiger partial charge in [0.05, 0.1) is 0 Å². The standard InChI is InChI=1S/C17H27N/c1-13(2)11-15-8-6-10-17(18,12-15)16-9-5-4-7-14(16)3/h4-5,7,9,13,15H,6,8,10-12,18H2,1-3H3. The topological polar surface area (TPSA) is 26.0 Å². The maximum Gasteiger partial charge on any atom is 0.0414 e. The average molecular weight is 245 g/mol. The second-order valence-corrected chi connectivity index (χ2v) is 6.56. The molecule has 2 rings (SSSR count). The van der Waals surface area contributed by atoms with Crippen molar-refractivity contribution in [3.05, 3.63) is 35.4 Å². The fraction of sp³-hybridized carbons (Fsp3) is 0.647. The van der Waals surface area contributed by atoms with Gasteiger partial charge in [-0.1, -0.05) is 51.0 Å². The molecule has 18 heavy (non-hydrogen) atoms. The first-order chi connectivity index (χ1) is 8.51. The number of hydrogen-bond donors (Lipinski definition) is 1. The third-order valence-electron chi connectivity index (χ3n) is 4.37. The van der Waals surface area contributed by atoms with E-state index in [4.69, 9.17) is 5.73 Å². The lowest BCUT2D eigenvalue weighted by Gasteiger charge is -2.40. The van der Waals surface area contributed by atoms with Gasteiger partial charge >= 0.3 is 0 Å². The lowest BCUT2D eigenvalue weighted by Crippen LogP contribution is -2.42. The molecule has 1 fully saturated rings. The molecule has 0 amide bonds. The van der Waals surface area contributed by atoms with Crippen LogP contribution in [0.1, 0.15) is 57.1 Å². The Kier molecular flexibility index (Phi) is 4.11. The first kappa shape index (κ1) is 13.6. The second-order valence-electron chi connectivity index (χ2n) is 6.56. The van der Waals surface area contributed by atoms with E-state index in [0.717, 1.165) is 24.7 Å². The third kappa shape index (κ3) is 2.95. The minimum Gasteiger partial charge on any atom is -0.321 e. The van der Waals surface area contributed by atoms with Gasteiger partial charge in [-0.25, -0.2) is 0 Å². The first-order valence-electron chi connectivity index (χ1n) is 7.36. The van der Waals surface area contributed by atoms with Crippen LogP contribution in [0.3, 0.4) is 0 Å². The predicted molar refractivity (Wildman–Crippen MR) is 78.5 cm³/mol. The van der Waals surface area contributed by atoms with Crippen molar-refractivity contribution >= 4 is 0 Å². The zero-order chi connectivity index (χ0) is 13.2. The molecule has 0 spiro atoms. The molecule has 2 unspecified atom stereocenters. The van der Waals surface area contributed by atoms with E-state index in [9.17, 15) is 0 Å². The molecule has 0 radical (unpaired) electrons. The fourth-order valence-corrected chi connectivity index (χ4v) is 3.67. The minimum absolute atomic E-state index is 0.0802. The highest BCUT2D eigenvalue weighted by Gasteiger charge is 2.35. The van der Waals surface area contributed by atoms with Crippen molar-refractivity contribution in [1.82, 2.24) is 0 Å². The van der Waals surface area contributed by atoms with Gasteiger partial charge in [-0.05, 0) is 49.1 Å². The van der Waals surface area contributed by atoms with Gasteiger partial charge in [0.15, 0.2) is 0 Å². The molecule has 2 atom stereocenters. The summed E-state index contributed by atoms with van der Waals surface area (Å²) in [5, 5.41) is 0.